The number of anilines is 1. The first-order valence-electron chi connectivity index (χ1n) is 10.1. The average Bonchev–Trinajstić information content (AvgIpc) is 3.11. The van der Waals surface area contributed by atoms with E-state index < -0.39 is 17.3 Å². The van der Waals surface area contributed by atoms with Crippen LogP contribution in [0.25, 0.3) is 11.4 Å². The minimum atomic E-state index is -4.63. The number of halogens is 3. The highest BCUT2D eigenvalue weighted by atomic mass is 19.4. The number of nitrogens with one attached hydrogen (secondary N) is 1. The fourth-order valence-corrected chi connectivity index (χ4v) is 5.05. The van der Waals surface area contributed by atoms with E-state index in [0.29, 0.717) is 12.1 Å². The average molecular weight is 438 g/mol. The Morgan fingerprint density at radius 3 is 2.71 bits per heavy atom. The smallest absolute Gasteiger partial charge is 0.379 e. The molecule has 1 saturated heterocycles. The number of hydrogen-bond acceptors (Lipinski definition) is 5. The van der Waals surface area contributed by atoms with E-state index in [1.807, 2.05) is 6.92 Å². The van der Waals surface area contributed by atoms with Crippen LogP contribution in [0.5, 0.6) is 0 Å². The Hall–Kier alpha value is -2.69. The monoisotopic (exact) mass is 438 g/mol. The number of alkyl halides is 3. The van der Waals surface area contributed by atoms with Crippen molar-refractivity contribution >= 4 is 11.8 Å². The standard InChI is InChI=1S/C20H25F3N6O2/c1-11-5-13-8-19(7-11,12(2)31-4)29(13)18(30)26-16-6-14(17-25-10-28(3)27-17)15(9-24-16)20(21,22)23/h6,9-13H,5,7-8H2,1-4H3,(H,24,26,30). The van der Waals surface area contributed by atoms with Crippen LogP contribution in [0.15, 0.2) is 18.6 Å². The van der Waals surface area contributed by atoms with Crippen LogP contribution in [-0.4, -0.2) is 55.5 Å². The van der Waals surface area contributed by atoms with Crippen LogP contribution in [0.2, 0.25) is 0 Å². The van der Waals surface area contributed by atoms with E-state index in [-0.39, 0.29) is 35.4 Å². The SMILES string of the molecule is COC(C)C12CC(C)CC(C1)N2C(=O)Nc1cc(-c2ncn(C)n2)c(C(F)(F)F)cn1. The number of methoxy groups -OCH3 is 1. The van der Waals surface area contributed by atoms with Gasteiger partial charge in [0.05, 0.1) is 17.2 Å². The summed E-state index contributed by atoms with van der Waals surface area (Å²) in [6, 6.07) is 0.854. The van der Waals surface area contributed by atoms with Gasteiger partial charge in [0.1, 0.15) is 12.1 Å². The molecule has 1 aliphatic carbocycles. The lowest BCUT2D eigenvalue weighted by Crippen LogP contribution is -2.76. The molecule has 2 aliphatic rings. The van der Waals surface area contributed by atoms with Crippen LogP contribution in [0.3, 0.4) is 0 Å². The number of pyridine rings is 1. The van der Waals surface area contributed by atoms with Gasteiger partial charge >= 0.3 is 12.2 Å². The van der Waals surface area contributed by atoms with Gasteiger partial charge in [-0.2, -0.15) is 18.3 Å². The zero-order chi connectivity index (χ0) is 22.6. The van der Waals surface area contributed by atoms with Crippen molar-refractivity contribution in [3.8, 4) is 11.4 Å². The molecule has 2 aromatic rings. The number of ether oxygens (including phenoxy) is 1. The summed E-state index contributed by atoms with van der Waals surface area (Å²) in [4.78, 5) is 22.7. The third kappa shape index (κ3) is 3.64. The Morgan fingerprint density at radius 1 is 1.35 bits per heavy atom. The highest BCUT2D eigenvalue weighted by Gasteiger charge is 2.61. The molecule has 2 fully saturated rings. The van der Waals surface area contributed by atoms with Gasteiger partial charge in [-0.05, 0) is 38.2 Å². The molecule has 4 atom stereocenters. The molecular weight excluding hydrogens is 413 g/mol. The third-order valence-corrected chi connectivity index (χ3v) is 6.42. The van der Waals surface area contributed by atoms with Crippen LogP contribution < -0.4 is 5.32 Å². The number of nitrogens with zero attached hydrogens (tertiary/aromatic N) is 5. The molecule has 2 aromatic heterocycles. The zero-order valence-electron chi connectivity index (χ0n) is 17.8. The van der Waals surface area contributed by atoms with Crippen LogP contribution in [0.4, 0.5) is 23.8 Å². The van der Waals surface area contributed by atoms with Crippen molar-refractivity contribution in [2.75, 3.05) is 12.4 Å². The van der Waals surface area contributed by atoms with Crippen molar-refractivity contribution < 1.29 is 22.7 Å². The summed E-state index contributed by atoms with van der Waals surface area (Å²) < 4.78 is 47.3. The van der Waals surface area contributed by atoms with E-state index in [4.69, 9.17) is 4.74 Å². The van der Waals surface area contributed by atoms with Crippen molar-refractivity contribution in [1.82, 2.24) is 24.6 Å². The second-order valence-corrected chi connectivity index (χ2v) is 8.54. The van der Waals surface area contributed by atoms with E-state index in [2.05, 4.69) is 27.3 Å². The van der Waals surface area contributed by atoms with Crippen molar-refractivity contribution in [3.63, 3.8) is 0 Å². The Labute approximate surface area is 177 Å². The largest absolute Gasteiger partial charge is 0.418 e. The van der Waals surface area contributed by atoms with Gasteiger partial charge in [-0.3, -0.25) is 10.00 Å². The van der Waals surface area contributed by atoms with Gasteiger partial charge in [-0.25, -0.2) is 14.8 Å². The molecule has 3 heterocycles. The lowest BCUT2D eigenvalue weighted by molar-refractivity contribution is -0.155. The number of carbonyl (C=O) groups excluding carboxylic acids is 1. The number of piperidine rings is 1. The number of aryl methyl sites for hydroxylation is 1. The number of rotatable bonds is 4. The molecule has 4 rings (SSSR count). The number of urea groups is 1. The Balaban J connectivity index is 1.63. The fraction of sp³-hybridized carbons (Fsp3) is 0.600. The van der Waals surface area contributed by atoms with E-state index in [1.54, 1.807) is 19.1 Å². The molecule has 1 saturated carbocycles. The molecule has 8 nitrogen and oxygen atoms in total. The maximum atomic E-state index is 13.5. The molecule has 0 radical (unpaired) electrons. The predicted octanol–water partition coefficient (Wildman–Crippen LogP) is 3.71. The van der Waals surface area contributed by atoms with Gasteiger partial charge in [0, 0.05) is 32.0 Å². The van der Waals surface area contributed by atoms with Crippen LogP contribution >= 0.6 is 0 Å². The van der Waals surface area contributed by atoms with Crippen molar-refractivity contribution in [2.24, 2.45) is 13.0 Å². The second kappa shape index (κ2) is 7.47. The van der Waals surface area contributed by atoms with Crippen LogP contribution in [0.1, 0.15) is 38.7 Å². The van der Waals surface area contributed by atoms with Gasteiger partial charge in [-0.15, -0.1) is 0 Å². The predicted molar refractivity (Wildman–Crippen MR) is 106 cm³/mol. The molecule has 2 bridgehead atoms. The number of likely N-dealkylation sites (tertiary alicyclic amines) is 1. The zero-order valence-corrected chi connectivity index (χ0v) is 17.8. The minimum Gasteiger partial charge on any atom is -0.379 e. The lowest BCUT2D eigenvalue weighted by Gasteiger charge is -2.65. The Morgan fingerprint density at radius 2 is 2.10 bits per heavy atom. The number of carbonyl (C=O) groups is 1. The summed E-state index contributed by atoms with van der Waals surface area (Å²) in [5, 5.41) is 6.65. The van der Waals surface area contributed by atoms with Gasteiger partial charge < -0.3 is 9.64 Å². The van der Waals surface area contributed by atoms with Gasteiger partial charge in [0.15, 0.2) is 5.82 Å². The molecule has 0 aromatic carbocycles. The maximum absolute atomic E-state index is 13.5. The topological polar surface area (TPSA) is 85.2 Å². The lowest BCUT2D eigenvalue weighted by atomic mass is 9.62. The first kappa shape index (κ1) is 21.5. The van der Waals surface area contributed by atoms with Gasteiger partial charge in [0.2, 0.25) is 0 Å². The third-order valence-electron chi connectivity index (χ3n) is 6.42. The van der Waals surface area contributed by atoms with Crippen LogP contribution in [0, 0.1) is 5.92 Å². The Kier molecular flexibility index (Phi) is 5.19. The first-order valence-corrected chi connectivity index (χ1v) is 10.1. The molecule has 2 amide bonds. The molecule has 1 N–H and O–H groups in total. The number of fused-ring (bicyclic) bond motifs is 2. The highest BCUT2D eigenvalue weighted by molar-refractivity contribution is 5.91. The van der Waals surface area contributed by atoms with Crippen molar-refractivity contribution in [2.45, 2.75) is 57.0 Å². The summed E-state index contributed by atoms with van der Waals surface area (Å²) >= 11 is 0. The van der Waals surface area contributed by atoms with Crippen molar-refractivity contribution in [1.29, 1.82) is 0 Å². The molecule has 1 aliphatic heterocycles. The maximum Gasteiger partial charge on any atom is 0.418 e. The molecule has 4 unspecified atom stereocenters. The molecule has 31 heavy (non-hydrogen) atoms. The van der Waals surface area contributed by atoms with E-state index in [0.717, 1.165) is 19.3 Å². The molecule has 0 spiro atoms. The molecular formula is C20H25F3N6O2. The summed E-state index contributed by atoms with van der Waals surface area (Å²) in [5.41, 5.74) is -1.62. The fourth-order valence-electron chi connectivity index (χ4n) is 5.05. The van der Waals surface area contributed by atoms with Gasteiger partial charge in [0.25, 0.3) is 0 Å². The quantitative estimate of drug-likeness (QED) is 0.787. The van der Waals surface area contributed by atoms with E-state index >= 15 is 0 Å². The molecule has 168 valence electrons. The minimum absolute atomic E-state index is 0.0127. The number of aromatic nitrogens is 4. The first-order chi connectivity index (χ1) is 14.5. The van der Waals surface area contributed by atoms with Crippen molar-refractivity contribution in [3.05, 3.63) is 24.2 Å². The summed E-state index contributed by atoms with van der Waals surface area (Å²) in [6.45, 7) is 4.10. The Bertz CT molecular complexity index is 994. The van der Waals surface area contributed by atoms with Gasteiger partial charge in [-0.1, -0.05) is 6.92 Å². The summed E-state index contributed by atoms with van der Waals surface area (Å²) in [6.07, 6.45) is -0.230. The van der Waals surface area contributed by atoms with Crippen LogP contribution in [-0.2, 0) is 18.0 Å². The normalized spacial score (nSPS) is 26.4. The molecule has 11 heteroatoms. The summed E-state index contributed by atoms with van der Waals surface area (Å²) in [7, 11) is 3.18. The second-order valence-electron chi connectivity index (χ2n) is 8.54. The highest BCUT2D eigenvalue weighted by Crippen LogP contribution is 2.52. The van der Waals surface area contributed by atoms with E-state index in [1.165, 1.54) is 17.1 Å². The number of hydrogen-bond donors (Lipinski definition) is 1. The van der Waals surface area contributed by atoms with E-state index in [9.17, 15) is 18.0 Å². The summed E-state index contributed by atoms with van der Waals surface area (Å²) in [5.74, 6) is 0.386. The number of amides is 2.